The maximum absolute atomic E-state index is 13.3. The number of fused-ring (bicyclic) bond motifs is 1. The van der Waals surface area contributed by atoms with Gasteiger partial charge in [-0.1, -0.05) is 12.1 Å². The average molecular weight is 423 g/mol. The summed E-state index contributed by atoms with van der Waals surface area (Å²) in [5, 5.41) is 22.3. The monoisotopic (exact) mass is 423 g/mol. The minimum atomic E-state index is -4.42. The zero-order chi connectivity index (χ0) is 21.5. The van der Waals surface area contributed by atoms with Gasteiger partial charge < -0.3 is 20.4 Å². The molecule has 0 amide bonds. The maximum atomic E-state index is 13.3. The molecular weight excluding hydrogens is 403 g/mol. The second-order valence-corrected chi connectivity index (χ2v) is 7.47. The van der Waals surface area contributed by atoms with E-state index in [1.165, 1.54) is 24.5 Å². The molecule has 3 unspecified atom stereocenters. The van der Waals surface area contributed by atoms with Gasteiger partial charge in [-0.15, -0.1) is 0 Å². The molecule has 8 nitrogen and oxygen atoms in total. The van der Waals surface area contributed by atoms with Crippen LogP contribution < -0.4 is 10.2 Å². The topological polar surface area (TPSA) is 102 Å². The number of aliphatic hydroxyl groups excluding tert-OH is 1. The fraction of sp³-hybridized carbons (Fsp3) is 0.421. The highest BCUT2D eigenvalue weighted by atomic mass is 19.4. The molecule has 1 aromatic carbocycles. The van der Waals surface area contributed by atoms with Gasteiger partial charge >= 0.3 is 12.1 Å². The standard InChI is InChI=1S/C19H20F3N5O3/c20-19(21,22)13-3-1-2-4-14(13)26-7-11-9-27(10-12(11)8-26)18(30)25-16-15(17(28)29)23-5-6-24-16/h1-6,11-12,18,30H,7-10H2,(H,24,25)(H,28,29). The van der Waals surface area contributed by atoms with E-state index in [0.29, 0.717) is 26.2 Å². The number of hydrogen-bond donors (Lipinski definition) is 3. The Labute approximate surface area is 170 Å². The van der Waals surface area contributed by atoms with Gasteiger partial charge in [-0.2, -0.15) is 13.2 Å². The molecule has 3 atom stereocenters. The van der Waals surface area contributed by atoms with Crippen molar-refractivity contribution < 1.29 is 28.2 Å². The number of rotatable bonds is 5. The molecular formula is C19H20F3N5O3. The molecule has 1 aromatic heterocycles. The molecule has 30 heavy (non-hydrogen) atoms. The minimum absolute atomic E-state index is 0.0460. The molecule has 0 radical (unpaired) electrons. The number of halogens is 3. The molecule has 2 saturated heterocycles. The van der Waals surface area contributed by atoms with Crippen molar-refractivity contribution in [3.63, 3.8) is 0 Å². The van der Waals surface area contributed by atoms with E-state index in [4.69, 9.17) is 5.11 Å². The molecule has 11 heteroatoms. The van der Waals surface area contributed by atoms with Crippen molar-refractivity contribution in [3.8, 4) is 0 Å². The van der Waals surface area contributed by atoms with Crippen LogP contribution in [0.4, 0.5) is 24.7 Å². The van der Waals surface area contributed by atoms with Gasteiger partial charge in [0.15, 0.2) is 17.9 Å². The van der Waals surface area contributed by atoms with E-state index < -0.39 is 24.1 Å². The van der Waals surface area contributed by atoms with E-state index in [1.54, 1.807) is 15.9 Å². The predicted molar refractivity (Wildman–Crippen MR) is 101 cm³/mol. The van der Waals surface area contributed by atoms with E-state index in [1.807, 2.05) is 0 Å². The number of nitrogens with zero attached hydrogens (tertiary/aromatic N) is 4. The molecule has 2 aliphatic heterocycles. The summed E-state index contributed by atoms with van der Waals surface area (Å²) in [6.45, 7) is 1.83. The van der Waals surface area contributed by atoms with Crippen molar-refractivity contribution in [1.29, 1.82) is 0 Å². The Hall–Kier alpha value is -2.92. The first-order valence-corrected chi connectivity index (χ1v) is 9.38. The molecule has 2 aliphatic rings. The van der Waals surface area contributed by atoms with Crippen LogP contribution in [0.5, 0.6) is 0 Å². The first kappa shape index (κ1) is 20.4. The van der Waals surface area contributed by atoms with Gasteiger partial charge in [0.25, 0.3) is 0 Å². The fourth-order valence-corrected chi connectivity index (χ4v) is 4.23. The molecule has 4 rings (SSSR count). The number of benzene rings is 1. The Morgan fingerprint density at radius 2 is 1.73 bits per heavy atom. The van der Waals surface area contributed by atoms with E-state index >= 15 is 0 Å². The third-order valence-electron chi connectivity index (χ3n) is 5.58. The van der Waals surface area contributed by atoms with Gasteiger partial charge in [0.1, 0.15) is 0 Å². The van der Waals surface area contributed by atoms with Crippen molar-refractivity contribution in [3.05, 3.63) is 47.9 Å². The van der Waals surface area contributed by atoms with Gasteiger partial charge in [-0.25, -0.2) is 14.8 Å². The number of aromatic nitrogens is 2. The summed E-state index contributed by atoms with van der Waals surface area (Å²) in [6, 6.07) is 5.55. The summed E-state index contributed by atoms with van der Waals surface area (Å²) in [5.41, 5.74) is -0.770. The van der Waals surface area contributed by atoms with Crippen molar-refractivity contribution in [2.75, 3.05) is 36.4 Å². The molecule has 2 aromatic rings. The fourth-order valence-electron chi connectivity index (χ4n) is 4.23. The second-order valence-electron chi connectivity index (χ2n) is 7.47. The quantitative estimate of drug-likeness (QED) is 0.628. The van der Waals surface area contributed by atoms with E-state index in [9.17, 15) is 23.1 Å². The van der Waals surface area contributed by atoms with Crippen molar-refractivity contribution in [1.82, 2.24) is 14.9 Å². The van der Waals surface area contributed by atoms with Crippen molar-refractivity contribution in [2.45, 2.75) is 12.5 Å². The molecule has 0 bridgehead atoms. The van der Waals surface area contributed by atoms with Gasteiger partial charge in [-0.3, -0.25) is 4.90 Å². The zero-order valence-corrected chi connectivity index (χ0v) is 15.8. The summed E-state index contributed by atoms with van der Waals surface area (Å²) >= 11 is 0. The SMILES string of the molecule is O=C(O)c1nccnc1NC(O)N1CC2CN(c3ccccc3C(F)(F)F)CC2C1. The highest BCUT2D eigenvalue weighted by molar-refractivity contribution is 5.90. The first-order chi connectivity index (χ1) is 14.2. The highest BCUT2D eigenvalue weighted by Crippen LogP contribution is 2.41. The Balaban J connectivity index is 1.42. The number of nitrogens with one attached hydrogen (secondary N) is 1. The number of aliphatic hydroxyl groups is 1. The lowest BCUT2D eigenvalue weighted by atomic mass is 10.0. The average Bonchev–Trinajstić information content (AvgIpc) is 3.27. The predicted octanol–water partition coefficient (Wildman–Crippen LogP) is 1.95. The molecule has 3 N–H and O–H groups in total. The van der Waals surface area contributed by atoms with E-state index in [-0.39, 0.29) is 29.0 Å². The van der Waals surface area contributed by atoms with Crippen LogP contribution in [-0.4, -0.2) is 63.6 Å². The van der Waals surface area contributed by atoms with Crippen LogP contribution in [0.1, 0.15) is 16.1 Å². The third-order valence-corrected chi connectivity index (χ3v) is 5.58. The smallest absolute Gasteiger partial charge is 0.418 e. The van der Waals surface area contributed by atoms with Crippen LogP contribution in [0.15, 0.2) is 36.7 Å². The minimum Gasteiger partial charge on any atom is -0.476 e. The Morgan fingerprint density at radius 1 is 1.10 bits per heavy atom. The van der Waals surface area contributed by atoms with Crippen LogP contribution >= 0.6 is 0 Å². The largest absolute Gasteiger partial charge is 0.476 e. The number of aromatic carboxylic acids is 1. The number of anilines is 2. The molecule has 0 saturated carbocycles. The van der Waals surface area contributed by atoms with Gasteiger partial charge in [-0.05, 0) is 24.0 Å². The van der Waals surface area contributed by atoms with Crippen LogP contribution in [0.25, 0.3) is 0 Å². The zero-order valence-electron chi connectivity index (χ0n) is 15.8. The lowest BCUT2D eigenvalue weighted by Gasteiger charge is -2.28. The third kappa shape index (κ3) is 3.90. The summed E-state index contributed by atoms with van der Waals surface area (Å²) in [6.07, 6.45) is -3.04. The van der Waals surface area contributed by atoms with Crippen molar-refractivity contribution in [2.24, 2.45) is 11.8 Å². The first-order valence-electron chi connectivity index (χ1n) is 9.38. The summed E-state index contributed by atoms with van der Waals surface area (Å²) in [4.78, 5) is 22.4. The van der Waals surface area contributed by atoms with Crippen LogP contribution in [0.3, 0.4) is 0 Å². The number of carboxylic acids is 1. The van der Waals surface area contributed by atoms with Crippen LogP contribution in [0, 0.1) is 11.8 Å². The second kappa shape index (κ2) is 7.73. The van der Waals surface area contributed by atoms with Crippen LogP contribution in [0.2, 0.25) is 0 Å². The van der Waals surface area contributed by atoms with Gasteiger partial charge in [0.2, 0.25) is 0 Å². The lowest BCUT2D eigenvalue weighted by molar-refractivity contribution is -0.137. The summed E-state index contributed by atoms with van der Waals surface area (Å²) in [7, 11) is 0. The Kier molecular flexibility index (Phi) is 5.24. The van der Waals surface area contributed by atoms with E-state index in [0.717, 1.165) is 6.07 Å². The number of carboxylic acid groups (broad SMARTS) is 1. The van der Waals surface area contributed by atoms with Crippen LogP contribution in [-0.2, 0) is 6.18 Å². The maximum Gasteiger partial charge on any atom is 0.418 e. The normalized spacial score (nSPS) is 22.7. The number of carbonyl (C=O) groups is 1. The molecule has 160 valence electrons. The van der Waals surface area contributed by atoms with E-state index in [2.05, 4.69) is 15.3 Å². The summed E-state index contributed by atoms with van der Waals surface area (Å²) in [5.74, 6) is -1.14. The number of para-hydroxylation sites is 1. The molecule has 0 spiro atoms. The molecule has 0 aliphatic carbocycles. The molecule has 3 heterocycles. The Bertz CT molecular complexity index is 928. The molecule has 2 fully saturated rings. The number of hydrogen-bond acceptors (Lipinski definition) is 7. The number of alkyl halides is 3. The lowest BCUT2D eigenvalue weighted by Crippen LogP contribution is -2.42. The van der Waals surface area contributed by atoms with Crippen molar-refractivity contribution >= 4 is 17.5 Å². The van der Waals surface area contributed by atoms with Gasteiger partial charge in [0.05, 0.1) is 5.56 Å². The number of likely N-dealkylation sites (tertiary alicyclic amines) is 1. The highest BCUT2D eigenvalue weighted by Gasteiger charge is 2.44. The Morgan fingerprint density at radius 3 is 2.37 bits per heavy atom. The van der Waals surface area contributed by atoms with Gasteiger partial charge in [0, 0.05) is 44.3 Å². The summed E-state index contributed by atoms with van der Waals surface area (Å²) < 4.78 is 40.0.